The maximum Gasteiger partial charge on any atom is 0.244 e. The Bertz CT molecular complexity index is 1220. The van der Waals surface area contributed by atoms with Crippen LogP contribution in [0, 0.1) is 26.7 Å². The van der Waals surface area contributed by atoms with Crippen molar-refractivity contribution in [3.05, 3.63) is 45.6 Å². The van der Waals surface area contributed by atoms with Crippen LogP contribution in [0.15, 0.2) is 24.5 Å². The lowest BCUT2D eigenvalue weighted by molar-refractivity contribution is -0.138. The standard InChI is InChI=1S/C25H30ClN5O2S/c1-5-30(13-21(32)29-20-12-19(26)7-6-15(20)2)25(33)18-8-10-31(11-9-18)23-22-16(3)17(4)34-24(22)28-14-27-23/h6-7,12,14,18H,5,8-11,13H2,1-4H3,(H,29,32). The number of anilines is 2. The molecule has 0 atom stereocenters. The second-order valence-corrected chi connectivity index (χ2v) is 10.4. The van der Waals surface area contributed by atoms with Crippen LogP contribution in [0.4, 0.5) is 11.5 Å². The van der Waals surface area contributed by atoms with Crippen molar-refractivity contribution < 1.29 is 9.59 Å². The molecule has 2 aromatic heterocycles. The number of amides is 2. The number of fused-ring (bicyclic) bond motifs is 1. The fraction of sp³-hybridized carbons (Fsp3) is 0.440. The monoisotopic (exact) mass is 499 g/mol. The van der Waals surface area contributed by atoms with Crippen LogP contribution in [0.5, 0.6) is 0 Å². The Morgan fingerprint density at radius 1 is 1.21 bits per heavy atom. The molecule has 1 aliphatic rings. The second kappa shape index (κ2) is 10.3. The van der Waals surface area contributed by atoms with Crippen molar-refractivity contribution in [1.82, 2.24) is 14.9 Å². The van der Waals surface area contributed by atoms with Gasteiger partial charge in [-0.05, 0) is 63.8 Å². The number of piperidine rings is 1. The van der Waals surface area contributed by atoms with E-state index in [4.69, 9.17) is 11.6 Å². The van der Waals surface area contributed by atoms with Crippen LogP contribution >= 0.6 is 22.9 Å². The SMILES string of the molecule is CCN(CC(=O)Nc1cc(Cl)ccc1C)C(=O)C1CCN(c2ncnc3sc(C)c(C)c23)CC1. The highest BCUT2D eigenvalue weighted by Crippen LogP contribution is 2.35. The van der Waals surface area contributed by atoms with E-state index in [1.165, 1.54) is 10.4 Å². The number of nitrogens with zero attached hydrogens (tertiary/aromatic N) is 4. The number of benzene rings is 1. The van der Waals surface area contributed by atoms with Gasteiger partial charge in [-0.25, -0.2) is 9.97 Å². The van der Waals surface area contributed by atoms with Crippen molar-refractivity contribution in [2.75, 3.05) is 36.4 Å². The molecule has 1 saturated heterocycles. The van der Waals surface area contributed by atoms with E-state index < -0.39 is 0 Å². The second-order valence-electron chi connectivity index (χ2n) is 8.78. The summed E-state index contributed by atoms with van der Waals surface area (Å²) < 4.78 is 0. The van der Waals surface area contributed by atoms with Gasteiger partial charge in [-0.3, -0.25) is 9.59 Å². The molecule has 4 rings (SSSR count). The average molecular weight is 500 g/mol. The number of likely N-dealkylation sites (N-methyl/N-ethyl adjacent to an activating group) is 1. The minimum Gasteiger partial charge on any atom is -0.356 e. The molecule has 1 N–H and O–H groups in total. The number of hydrogen-bond donors (Lipinski definition) is 1. The summed E-state index contributed by atoms with van der Waals surface area (Å²) in [7, 11) is 0. The molecule has 9 heteroatoms. The van der Waals surface area contributed by atoms with Crippen molar-refractivity contribution in [3.63, 3.8) is 0 Å². The van der Waals surface area contributed by atoms with Crippen LogP contribution in [0.2, 0.25) is 5.02 Å². The van der Waals surface area contributed by atoms with Crippen molar-refractivity contribution >= 4 is 56.5 Å². The molecule has 0 aliphatic carbocycles. The normalized spacial score (nSPS) is 14.4. The summed E-state index contributed by atoms with van der Waals surface area (Å²) in [5.74, 6) is 0.682. The number of thiophene rings is 1. The van der Waals surface area contributed by atoms with E-state index in [0.717, 1.165) is 47.5 Å². The lowest BCUT2D eigenvalue weighted by Crippen LogP contribution is -2.45. The van der Waals surface area contributed by atoms with E-state index in [0.29, 0.717) is 17.3 Å². The van der Waals surface area contributed by atoms with Gasteiger partial charge in [-0.1, -0.05) is 17.7 Å². The van der Waals surface area contributed by atoms with Crippen LogP contribution in [0.3, 0.4) is 0 Å². The van der Waals surface area contributed by atoms with E-state index >= 15 is 0 Å². The van der Waals surface area contributed by atoms with Crippen molar-refractivity contribution in [1.29, 1.82) is 0 Å². The summed E-state index contributed by atoms with van der Waals surface area (Å²) >= 11 is 7.75. The van der Waals surface area contributed by atoms with E-state index in [1.807, 2.05) is 19.9 Å². The Labute approximate surface area is 209 Å². The molecule has 1 fully saturated rings. The fourth-order valence-corrected chi connectivity index (χ4v) is 5.60. The summed E-state index contributed by atoms with van der Waals surface area (Å²) in [5, 5.41) is 4.57. The quantitative estimate of drug-likeness (QED) is 0.517. The van der Waals surface area contributed by atoms with Gasteiger partial charge < -0.3 is 15.1 Å². The Hall–Kier alpha value is -2.71. The first-order chi connectivity index (χ1) is 16.3. The summed E-state index contributed by atoms with van der Waals surface area (Å²) in [6.45, 7) is 10.1. The van der Waals surface area contributed by atoms with Gasteiger partial charge >= 0.3 is 0 Å². The predicted molar refractivity (Wildman–Crippen MR) is 139 cm³/mol. The summed E-state index contributed by atoms with van der Waals surface area (Å²) in [6.07, 6.45) is 3.10. The zero-order valence-electron chi connectivity index (χ0n) is 20.0. The highest BCUT2D eigenvalue weighted by Gasteiger charge is 2.30. The molecule has 7 nitrogen and oxygen atoms in total. The molecule has 3 aromatic rings. The Balaban J connectivity index is 1.38. The van der Waals surface area contributed by atoms with Gasteiger partial charge in [0.05, 0.1) is 11.9 Å². The molecule has 34 heavy (non-hydrogen) atoms. The minimum absolute atomic E-state index is 0.0292. The van der Waals surface area contributed by atoms with E-state index in [9.17, 15) is 9.59 Å². The number of hydrogen-bond acceptors (Lipinski definition) is 6. The number of rotatable bonds is 6. The van der Waals surface area contributed by atoms with Crippen LogP contribution in [0.25, 0.3) is 10.2 Å². The molecular formula is C25H30ClN5O2S. The summed E-state index contributed by atoms with van der Waals surface area (Å²) in [6, 6.07) is 5.37. The lowest BCUT2D eigenvalue weighted by Gasteiger charge is -2.34. The maximum atomic E-state index is 13.2. The van der Waals surface area contributed by atoms with Gasteiger partial charge in [-0.15, -0.1) is 11.3 Å². The highest BCUT2D eigenvalue weighted by molar-refractivity contribution is 7.18. The Morgan fingerprint density at radius 2 is 1.94 bits per heavy atom. The molecule has 2 amide bonds. The van der Waals surface area contributed by atoms with Gasteiger partial charge in [0.15, 0.2) is 0 Å². The van der Waals surface area contributed by atoms with Gasteiger partial charge in [-0.2, -0.15) is 0 Å². The van der Waals surface area contributed by atoms with Crippen molar-refractivity contribution in [2.45, 2.75) is 40.5 Å². The summed E-state index contributed by atoms with van der Waals surface area (Å²) in [4.78, 5) is 41.1. The molecule has 0 saturated carbocycles. The third-order valence-electron chi connectivity index (χ3n) is 6.59. The number of carbonyl (C=O) groups is 2. The Morgan fingerprint density at radius 3 is 2.65 bits per heavy atom. The number of aromatic nitrogens is 2. The number of halogens is 1. The zero-order valence-corrected chi connectivity index (χ0v) is 21.6. The smallest absolute Gasteiger partial charge is 0.244 e. The van der Waals surface area contributed by atoms with E-state index in [2.05, 4.69) is 34.0 Å². The third kappa shape index (κ3) is 5.03. The van der Waals surface area contributed by atoms with Gasteiger partial charge in [0.25, 0.3) is 0 Å². The fourth-order valence-electron chi connectivity index (χ4n) is 4.44. The highest BCUT2D eigenvalue weighted by atomic mass is 35.5. The largest absolute Gasteiger partial charge is 0.356 e. The van der Waals surface area contributed by atoms with Crippen LogP contribution < -0.4 is 10.2 Å². The molecule has 0 unspecified atom stereocenters. The van der Waals surface area contributed by atoms with Crippen molar-refractivity contribution in [3.8, 4) is 0 Å². The number of carbonyl (C=O) groups excluding carboxylic acids is 2. The number of aryl methyl sites for hydroxylation is 3. The predicted octanol–water partition coefficient (Wildman–Crippen LogP) is 4.97. The molecule has 1 aliphatic heterocycles. The Kier molecular flexibility index (Phi) is 7.38. The van der Waals surface area contributed by atoms with E-state index in [-0.39, 0.29) is 24.3 Å². The number of nitrogens with one attached hydrogen (secondary N) is 1. The third-order valence-corrected chi connectivity index (χ3v) is 7.94. The van der Waals surface area contributed by atoms with Crippen molar-refractivity contribution in [2.24, 2.45) is 5.92 Å². The first-order valence-corrected chi connectivity index (χ1v) is 12.8. The molecule has 3 heterocycles. The lowest BCUT2D eigenvalue weighted by atomic mass is 9.95. The molecule has 1 aromatic carbocycles. The molecular weight excluding hydrogens is 470 g/mol. The van der Waals surface area contributed by atoms with Crippen LogP contribution in [-0.2, 0) is 9.59 Å². The molecule has 0 radical (unpaired) electrons. The van der Waals surface area contributed by atoms with Gasteiger partial charge in [0.1, 0.15) is 17.0 Å². The molecule has 180 valence electrons. The van der Waals surface area contributed by atoms with E-state index in [1.54, 1.807) is 34.7 Å². The summed E-state index contributed by atoms with van der Waals surface area (Å²) in [5.41, 5.74) is 2.82. The minimum atomic E-state index is -0.218. The zero-order chi connectivity index (χ0) is 24.4. The van der Waals surface area contributed by atoms with Crippen LogP contribution in [0.1, 0.15) is 35.8 Å². The average Bonchev–Trinajstić information content (AvgIpc) is 3.13. The first kappa shape index (κ1) is 24.4. The van der Waals surface area contributed by atoms with Crippen LogP contribution in [-0.4, -0.2) is 52.9 Å². The molecule has 0 bridgehead atoms. The maximum absolute atomic E-state index is 13.2. The topological polar surface area (TPSA) is 78.4 Å². The van der Waals surface area contributed by atoms with Gasteiger partial charge in [0.2, 0.25) is 11.8 Å². The molecule has 0 spiro atoms. The first-order valence-electron chi connectivity index (χ1n) is 11.6. The van der Waals surface area contributed by atoms with Gasteiger partial charge in [0, 0.05) is 41.1 Å².